The van der Waals surface area contributed by atoms with E-state index in [1.807, 2.05) is 0 Å². The Kier molecular flexibility index (Phi) is 2.59. The molecular weight excluding hydrogens is 216 g/mol. The minimum absolute atomic E-state index is 0.00319. The molecule has 0 saturated carbocycles. The summed E-state index contributed by atoms with van der Waals surface area (Å²) in [6.07, 6.45) is 0.438. The van der Waals surface area contributed by atoms with Gasteiger partial charge in [0.05, 0.1) is 10.6 Å². The van der Waals surface area contributed by atoms with Crippen LogP contribution in [0.25, 0.3) is 0 Å². The maximum atomic E-state index is 11.2. The largest absolute Gasteiger partial charge is 0.325 e. The van der Waals surface area contributed by atoms with Gasteiger partial charge in [-0.1, -0.05) is 0 Å². The summed E-state index contributed by atoms with van der Waals surface area (Å²) in [7, 11) is 0. The van der Waals surface area contributed by atoms with E-state index in [2.05, 4.69) is 5.32 Å². The molecule has 1 aromatic rings. The van der Waals surface area contributed by atoms with E-state index in [-0.39, 0.29) is 11.6 Å². The number of nitro benzene ring substituents is 1. The Morgan fingerprint density at radius 2 is 2.27 bits per heavy atom. The van der Waals surface area contributed by atoms with E-state index in [1.54, 1.807) is 6.07 Å². The Labute approximate surface area is 90.0 Å². The van der Waals surface area contributed by atoms with Gasteiger partial charge < -0.3 is 5.32 Å². The van der Waals surface area contributed by atoms with Crippen molar-refractivity contribution in [3.05, 3.63) is 28.3 Å². The van der Waals surface area contributed by atoms with Crippen molar-refractivity contribution in [2.24, 2.45) is 0 Å². The molecule has 2 rings (SSSR count). The quantitative estimate of drug-likeness (QED) is 0.585. The molecule has 0 atom stereocenters. The zero-order chi connectivity index (χ0) is 10.8. The normalized spacial score (nSPS) is 15.1. The smallest absolute Gasteiger partial charge is 0.271 e. The molecule has 78 valence electrons. The Hall–Kier alpha value is -1.56. The van der Waals surface area contributed by atoms with Crippen molar-refractivity contribution in [3.8, 4) is 0 Å². The summed E-state index contributed by atoms with van der Waals surface area (Å²) >= 11 is 1.53. The lowest BCUT2D eigenvalue weighted by Crippen LogP contribution is -2.10. The van der Waals surface area contributed by atoms with Gasteiger partial charge in [-0.05, 0) is 6.07 Å². The molecule has 6 heteroatoms. The summed E-state index contributed by atoms with van der Waals surface area (Å²) in [5.41, 5.74) is 0.535. The highest BCUT2D eigenvalue weighted by Gasteiger charge is 2.16. The first-order chi connectivity index (χ1) is 7.16. The lowest BCUT2D eigenvalue weighted by atomic mass is 10.2. The molecule has 0 saturated heterocycles. The standard InChI is InChI=1S/C9H8N2O3S/c12-9-3-4-15-8-2-1-6(11(13)14)5-7(8)10-9/h1-2,5H,3-4H2,(H,10,12). The Balaban J connectivity index is 2.41. The van der Waals surface area contributed by atoms with E-state index in [4.69, 9.17) is 0 Å². The Morgan fingerprint density at radius 3 is 3.00 bits per heavy atom. The number of benzene rings is 1. The summed E-state index contributed by atoms with van der Waals surface area (Å²) in [6.45, 7) is 0. The van der Waals surface area contributed by atoms with Gasteiger partial charge in [-0.15, -0.1) is 11.8 Å². The molecular formula is C9H8N2O3S. The van der Waals surface area contributed by atoms with Crippen LogP contribution in [0.4, 0.5) is 11.4 Å². The predicted molar refractivity (Wildman–Crippen MR) is 57.1 cm³/mol. The van der Waals surface area contributed by atoms with Crippen LogP contribution in [0.15, 0.2) is 23.1 Å². The van der Waals surface area contributed by atoms with Crippen molar-refractivity contribution < 1.29 is 9.72 Å². The lowest BCUT2D eigenvalue weighted by Gasteiger charge is -2.04. The Morgan fingerprint density at radius 1 is 1.47 bits per heavy atom. The molecule has 1 heterocycles. The van der Waals surface area contributed by atoms with Gasteiger partial charge in [-0.25, -0.2) is 0 Å². The van der Waals surface area contributed by atoms with Crippen molar-refractivity contribution in [1.29, 1.82) is 0 Å². The average molecular weight is 224 g/mol. The third-order valence-corrected chi connectivity index (χ3v) is 3.11. The second kappa shape index (κ2) is 3.90. The van der Waals surface area contributed by atoms with Crippen LogP contribution in [-0.2, 0) is 4.79 Å². The minimum atomic E-state index is -0.470. The molecule has 0 aromatic heterocycles. The van der Waals surface area contributed by atoms with Gasteiger partial charge in [-0.3, -0.25) is 14.9 Å². The third kappa shape index (κ3) is 2.10. The number of non-ortho nitro benzene ring substituents is 1. The molecule has 1 aromatic carbocycles. The fraction of sp³-hybridized carbons (Fsp3) is 0.222. The van der Waals surface area contributed by atoms with Gasteiger partial charge in [0.2, 0.25) is 5.91 Å². The number of carbonyl (C=O) groups excluding carboxylic acids is 1. The number of hydrogen-bond donors (Lipinski definition) is 1. The van der Waals surface area contributed by atoms with Crippen molar-refractivity contribution in [1.82, 2.24) is 0 Å². The maximum Gasteiger partial charge on any atom is 0.271 e. The number of carbonyl (C=O) groups is 1. The number of nitro groups is 1. The molecule has 0 aliphatic carbocycles. The van der Waals surface area contributed by atoms with Crippen LogP contribution in [-0.4, -0.2) is 16.6 Å². The third-order valence-electron chi connectivity index (χ3n) is 2.03. The van der Waals surface area contributed by atoms with Crippen LogP contribution >= 0.6 is 11.8 Å². The van der Waals surface area contributed by atoms with Crippen molar-refractivity contribution in [2.75, 3.05) is 11.1 Å². The number of hydrogen-bond acceptors (Lipinski definition) is 4. The van der Waals surface area contributed by atoms with Crippen LogP contribution in [0.2, 0.25) is 0 Å². The van der Waals surface area contributed by atoms with E-state index in [0.29, 0.717) is 17.9 Å². The number of nitrogens with one attached hydrogen (secondary N) is 1. The molecule has 15 heavy (non-hydrogen) atoms. The predicted octanol–water partition coefficient (Wildman–Crippen LogP) is 2.03. The highest BCUT2D eigenvalue weighted by atomic mass is 32.2. The van der Waals surface area contributed by atoms with E-state index >= 15 is 0 Å². The van der Waals surface area contributed by atoms with Gasteiger partial charge in [0.1, 0.15) is 0 Å². The van der Waals surface area contributed by atoms with Crippen molar-refractivity contribution in [3.63, 3.8) is 0 Å². The van der Waals surface area contributed by atoms with Crippen molar-refractivity contribution >= 4 is 29.0 Å². The number of thioether (sulfide) groups is 1. The second-order valence-corrected chi connectivity index (χ2v) is 4.22. The van der Waals surface area contributed by atoms with E-state index in [1.165, 1.54) is 23.9 Å². The summed E-state index contributed by atoms with van der Waals surface area (Å²) in [4.78, 5) is 22.2. The fourth-order valence-corrected chi connectivity index (χ4v) is 2.26. The van der Waals surface area contributed by atoms with Gasteiger partial charge in [0.15, 0.2) is 0 Å². The van der Waals surface area contributed by atoms with Gasteiger partial charge >= 0.3 is 0 Å². The zero-order valence-corrected chi connectivity index (χ0v) is 8.54. The molecule has 0 spiro atoms. The summed E-state index contributed by atoms with van der Waals surface area (Å²) in [5, 5.41) is 13.2. The van der Waals surface area contributed by atoms with E-state index < -0.39 is 4.92 Å². The molecule has 0 fully saturated rings. The monoisotopic (exact) mass is 224 g/mol. The molecule has 1 N–H and O–H groups in total. The van der Waals surface area contributed by atoms with Gasteiger partial charge in [-0.2, -0.15) is 0 Å². The molecule has 0 bridgehead atoms. The van der Waals surface area contributed by atoms with Gasteiger partial charge in [0.25, 0.3) is 5.69 Å². The topological polar surface area (TPSA) is 72.2 Å². The number of amides is 1. The zero-order valence-electron chi connectivity index (χ0n) is 7.73. The number of rotatable bonds is 1. The average Bonchev–Trinajstić information content (AvgIpc) is 2.37. The molecule has 1 amide bonds. The number of fused-ring (bicyclic) bond motifs is 1. The highest BCUT2D eigenvalue weighted by Crippen LogP contribution is 2.33. The van der Waals surface area contributed by atoms with E-state index in [0.717, 1.165) is 4.90 Å². The van der Waals surface area contributed by atoms with Crippen LogP contribution in [0.5, 0.6) is 0 Å². The fourth-order valence-electron chi connectivity index (χ4n) is 1.32. The second-order valence-electron chi connectivity index (χ2n) is 3.08. The van der Waals surface area contributed by atoms with Crippen LogP contribution < -0.4 is 5.32 Å². The summed E-state index contributed by atoms with van der Waals surface area (Å²) in [5.74, 6) is 0.609. The van der Waals surface area contributed by atoms with Crippen LogP contribution in [0, 0.1) is 10.1 Å². The first-order valence-corrected chi connectivity index (χ1v) is 5.36. The van der Waals surface area contributed by atoms with Crippen molar-refractivity contribution in [2.45, 2.75) is 11.3 Å². The molecule has 1 aliphatic rings. The first kappa shape index (κ1) is 9.97. The molecule has 0 unspecified atom stereocenters. The van der Waals surface area contributed by atoms with Gasteiger partial charge in [0, 0.05) is 29.2 Å². The molecule has 1 aliphatic heterocycles. The number of nitrogens with zero attached hydrogens (tertiary/aromatic N) is 1. The van der Waals surface area contributed by atoms with Crippen LogP contribution in [0.1, 0.15) is 6.42 Å². The summed E-state index contributed by atoms with van der Waals surface area (Å²) in [6, 6.07) is 4.51. The lowest BCUT2D eigenvalue weighted by molar-refractivity contribution is -0.384. The number of anilines is 1. The highest BCUT2D eigenvalue weighted by molar-refractivity contribution is 7.99. The first-order valence-electron chi connectivity index (χ1n) is 4.38. The minimum Gasteiger partial charge on any atom is -0.325 e. The molecule has 0 radical (unpaired) electrons. The Bertz CT molecular complexity index is 433. The maximum absolute atomic E-state index is 11.2. The van der Waals surface area contributed by atoms with Crippen LogP contribution in [0.3, 0.4) is 0 Å². The summed E-state index contributed by atoms with van der Waals surface area (Å²) < 4.78 is 0. The SMILES string of the molecule is O=C1CCSc2ccc([N+](=O)[O-])cc2N1. The molecule has 5 nitrogen and oxygen atoms in total. The van der Waals surface area contributed by atoms with E-state index in [9.17, 15) is 14.9 Å².